The molecule has 0 spiro atoms. The van der Waals surface area contributed by atoms with Crippen molar-refractivity contribution in [2.24, 2.45) is 5.73 Å². The van der Waals surface area contributed by atoms with Gasteiger partial charge in [-0.2, -0.15) is 11.8 Å². The number of nitrogens with one attached hydrogen (secondary N) is 1. The number of benzene rings is 1. The van der Waals surface area contributed by atoms with Gasteiger partial charge in [0.2, 0.25) is 5.91 Å². The lowest BCUT2D eigenvalue weighted by Crippen LogP contribution is -2.54. The first-order chi connectivity index (χ1) is 17.2. The summed E-state index contributed by atoms with van der Waals surface area (Å²) in [4.78, 5) is 38.7. The monoisotopic (exact) mass is 516 g/mol. The second-order valence-electron chi connectivity index (χ2n) is 8.58. The van der Waals surface area contributed by atoms with Gasteiger partial charge in [0.15, 0.2) is 23.8 Å². The van der Waals surface area contributed by atoms with E-state index in [4.69, 9.17) is 16.2 Å². The number of aliphatic hydroxyl groups excluding tert-OH is 1. The van der Waals surface area contributed by atoms with Crippen LogP contribution in [0.25, 0.3) is 11.2 Å². The van der Waals surface area contributed by atoms with E-state index in [9.17, 15) is 19.8 Å². The lowest BCUT2D eigenvalue weighted by Gasteiger charge is -2.22. The van der Waals surface area contributed by atoms with Crippen molar-refractivity contribution in [2.45, 2.75) is 36.3 Å². The SMILES string of the molecule is CN(C)c1ccc(CSCC(N)C(=O)N[C@H]2[C@@H](O)[C@H](n3cnc4c(N)ncnc43)O[C@@H]2C(=O)O)cc1. The van der Waals surface area contributed by atoms with Crippen LogP contribution in [0.1, 0.15) is 11.8 Å². The zero-order valence-electron chi connectivity index (χ0n) is 19.7. The molecule has 7 N–H and O–H groups in total. The smallest absolute Gasteiger partial charge is 0.335 e. The number of carbonyl (C=O) groups is 2. The van der Waals surface area contributed by atoms with Crippen molar-refractivity contribution < 1.29 is 24.5 Å². The molecular formula is C22H28N8O5S. The van der Waals surface area contributed by atoms with Crippen LogP contribution in [0.3, 0.4) is 0 Å². The average molecular weight is 517 g/mol. The minimum atomic E-state index is -1.51. The molecular weight excluding hydrogens is 488 g/mol. The van der Waals surface area contributed by atoms with Crippen LogP contribution in [-0.4, -0.2) is 85.7 Å². The number of hydrogen-bond donors (Lipinski definition) is 5. The molecule has 1 aliphatic heterocycles. The molecule has 0 saturated carbocycles. The van der Waals surface area contributed by atoms with E-state index in [1.807, 2.05) is 43.3 Å². The molecule has 3 aromatic rings. The summed E-state index contributed by atoms with van der Waals surface area (Å²) in [7, 11) is 3.93. The van der Waals surface area contributed by atoms with Crippen LogP contribution in [0.5, 0.6) is 0 Å². The van der Waals surface area contributed by atoms with Gasteiger partial charge >= 0.3 is 5.97 Å². The van der Waals surface area contributed by atoms with Crippen molar-refractivity contribution in [3.8, 4) is 0 Å². The number of ether oxygens (including phenoxy) is 1. The number of nitrogens with zero attached hydrogens (tertiary/aromatic N) is 5. The topological polar surface area (TPSA) is 195 Å². The number of hydrogen-bond acceptors (Lipinski definition) is 11. The van der Waals surface area contributed by atoms with E-state index >= 15 is 0 Å². The molecule has 0 bridgehead atoms. The first kappa shape index (κ1) is 25.6. The zero-order valence-corrected chi connectivity index (χ0v) is 20.5. The lowest BCUT2D eigenvalue weighted by molar-refractivity contribution is -0.152. The van der Waals surface area contributed by atoms with E-state index in [-0.39, 0.29) is 17.0 Å². The van der Waals surface area contributed by atoms with Gasteiger partial charge in [0.05, 0.1) is 18.4 Å². The highest BCUT2D eigenvalue weighted by atomic mass is 32.2. The first-order valence-electron chi connectivity index (χ1n) is 11.1. The summed E-state index contributed by atoms with van der Waals surface area (Å²) in [5, 5.41) is 23.1. The molecule has 1 fully saturated rings. The van der Waals surface area contributed by atoms with Crippen LogP contribution in [-0.2, 0) is 20.1 Å². The molecule has 1 aliphatic rings. The molecule has 2 aromatic heterocycles. The molecule has 1 aromatic carbocycles. The predicted octanol–water partition coefficient (Wildman–Crippen LogP) is -0.437. The van der Waals surface area contributed by atoms with Gasteiger partial charge in [-0.1, -0.05) is 12.1 Å². The molecule has 3 heterocycles. The molecule has 0 aliphatic carbocycles. The Balaban J connectivity index is 1.39. The van der Waals surface area contributed by atoms with Gasteiger partial charge in [-0.15, -0.1) is 0 Å². The second kappa shape index (κ2) is 10.7. The number of imidazole rings is 1. The Hall–Kier alpha value is -3.46. The maximum absolute atomic E-state index is 12.8. The number of thioether (sulfide) groups is 1. The van der Waals surface area contributed by atoms with E-state index in [0.717, 1.165) is 11.3 Å². The van der Waals surface area contributed by atoms with Crippen molar-refractivity contribution in [1.82, 2.24) is 24.8 Å². The highest BCUT2D eigenvalue weighted by Crippen LogP contribution is 2.32. The number of aliphatic carboxylic acids is 1. The standard InChI is InChI=1S/C22H28N8O5S/c1-29(2)12-5-3-11(4-6-12)7-36-8-13(23)20(32)28-14-16(31)21(35-17(14)22(33)34)30-10-27-15-18(24)25-9-26-19(15)30/h3-6,9-10,13-14,16-17,21,31H,7-8,23H2,1-2H3,(H,28,32)(H,33,34)(H2,24,25,26)/t13?,14-,16+,17-,21+/m0/s1. The number of nitrogen functional groups attached to an aromatic ring is 1. The number of amides is 1. The minimum absolute atomic E-state index is 0.128. The molecule has 5 atom stereocenters. The van der Waals surface area contributed by atoms with Gasteiger partial charge in [0.25, 0.3) is 0 Å². The van der Waals surface area contributed by atoms with Crippen LogP contribution in [0, 0.1) is 0 Å². The maximum atomic E-state index is 12.8. The number of carboxylic acid groups (broad SMARTS) is 1. The summed E-state index contributed by atoms with van der Waals surface area (Å²) in [5.41, 5.74) is 14.6. The van der Waals surface area contributed by atoms with Crippen LogP contribution in [0.15, 0.2) is 36.9 Å². The number of carbonyl (C=O) groups excluding carboxylic acids is 1. The quantitative estimate of drug-likeness (QED) is 0.246. The van der Waals surface area contributed by atoms with Gasteiger partial charge in [0.1, 0.15) is 17.9 Å². The third kappa shape index (κ3) is 5.21. The van der Waals surface area contributed by atoms with Gasteiger partial charge < -0.3 is 36.6 Å². The van der Waals surface area contributed by atoms with Crippen LogP contribution >= 0.6 is 11.8 Å². The average Bonchev–Trinajstić information content (AvgIpc) is 3.41. The summed E-state index contributed by atoms with van der Waals surface area (Å²) in [6.45, 7) is 0. The van der Waals surface area contributed by atoms with Crippen molar-refractivity contribution in [1.29, 1.82) is 0 Å². The van der Waals surface area contributed by atoms with E-state index in [1.165, 1.54) is 29.0 Å². The zero-order chi connectivity index (χ0) is 26.0. The molecule has 1 saturated heterocycles. The maximum Gasteiger partial charge on any atom is 0.335 e. The Morgan fingerprint density at radius 1 is 1.25 bits per heavy atom. The number of aromatic nitrogens is 4. The van der Waals surface area contributed by atoms with Gasteiger partial charge in [-0.3, -0.25) is 9.36 Å². The molecule has 14 heteroatoms. The van der Waals surface area contributed by atoms with E-state index < -0.39 is 42.4 Å². The molecule has 13 nitrogen and oxygen atoms in total. The van der Waals surface area contributed by atoms with E-state index in [0.29, 0.717) is 11.5 Å². The van der Waals surface area contributed by atoms with Gasteiger partial charge in [-0.25, -0.2) is 19.7 Å². The third-order valence-electron chi connectivity index (χ3n) is 5.84. The number of rotatable bonds is 9. The van der Waals surface area contributed by atoms with Crippen molar-refractivity contribution in [2.75, 3.05) is 30.5 Å². The number of aliphatic hydroxyl groups is 1. The fraction of sp³-hybridized carbons (Fsp3) is 0.409. The van der Waals surface area contributed by atoms with Crippen molar-refractivity contribution in [3.05, 3.63) is 42.5 Å². The Bertz CT molecular complexity index is 1240. The molecule has 192 valence electrons. The highest BCUT2D eigenvalue weighted by molar-refractivity contribution is 7.98. The molecule has 1 unspecified atom stereocenters. The number of fused-ring (bicyclic) bond motifs is 1. The second-order valence-corrected chi connectivity index (χ2v) is 9.61. The number of nitrogens with two attached hydrogens (primary N) is 2. The fourth-order valence-electron chi connectivity index (χ4n) is 3.87. The normalized spacial score (nSPS) is 22.4. The molecule has 36 heavy (non-hydrogen) atoms. The number of anilines is 2. The molecule has 1 amide bonds. The Kier molecular flexibility index (Phi) is 7.59. The summed E-state index contributed by atoms with van der Waals surface area (Å²) >= 11 is 1.48. The van der Waals surface area contributed by atoms with Crippen LogP contribution in [0.4, 0.5) is 11.5 Å². The Morgan fingerprint density at radius 2 is 1.97 bits per heavy atom. The van der Waals surface area contributed by atoms with Gasteiger partial charge in [0, 0.05) is 31.3 Å². The van der Waals surface area contributed by atoms with Crippen LogP contribution in [0.2, 0.25) is 0 Å². The summed E-state index contributed by atoms with van der Waals surface area (Å²) < 4.78 is 6.95. The summed E-state index contributed by atoms with van der Waals surface area (Å²) in [6, 6.07) is 5.88. The fourth-order valence-corrected chi connectivity index (χ4v) is 4.82. The molecule has 4 rings (SSSR count). The predicted molar refractivity (Wildman–Crippen MR) is 134 cm³/mol. The minimum Gasteiger partial charge on any atom is -0.479 e. The Morgan fingerprint density at radius 3 is 2.64 bits per heavy atom. The van der Waals surface area contributed by atoms with Crippen molar-refractivity contribution >= 4 is 46.3 Å². The van der Waals surface area contributed by atoms with Crippen molar-refractivity contribution in [3.63, 3.8) is 0 Å². The van der Waals surface area contributed by atoms with E-state index in [2.05, 4.69) is 20.3 Å². The third-order valence-corrected chi connectivity index (χ3v) is 6.97. The summed E-state index contributed by atoms with van der Waals surface area (Å²) in [5.74, 6) is -0.851. The Labute approximate surface area is 210 Å². The molecule has 0 radical (unpaired) electrons. The lowest BCUT2D eigenvalue weighted by atomic mass is 10.1. The largest absolute Gasteiger partial charge is 0.479 e. The van der Waals surface area contributed by atoms with Gasteiger partial charge in [-0.05, 0) is 17.7 Å². The van der Waals surface area contributed by atoms with Crippen LogP contribution < -0.4 is 21.7 Å². The number of carboxylic acids is 1. The van der Waals surface area contributed by atoms with E-state index in [1.54, 1.807) is 0 Å². The first-order valence-corrected chi connectivity index (χ1v) is 12.2. The highest BCUT2D eigenvalue weighted by Gasteiger charge is 2.49. The summed E-state index contributed by atoms with van der Waals surface area (Å²) in [6.07, 6.45) is -1.57.